The maximum absolute atomic E-state index is 13.2. The minimum absolute atomic E-state index is 0.0667. The molecule has 6 nitrogen and oxygen atoms in total. The highest BCUT2D eigenvalue weighted by Gasteiger charge is 2.42. The van der Waals surface area contributed by atoms with Crippen LogP contribution in [0, 0.1) is 5.82 Å². The number of likely N-dealkylation sites (tertiary alicyclic amines) is 1. The van der Waals surface area contributed by atoms with Crippen molar-refractivity contribution >= 4 is 11.6 Å². The zero-order valence-corrected chi connectivity index (χ0v) is 16.3. The first-order valence-electron chi connectivity index (χ1n) is 10.0. The molecule has 2 fully saturated rings. The second kappa shape index (κ2) is 8.01. The van der Waals surface area contributed by atoms with E-state index >= 15 is 0 Å². The lowest BCUT2D eigenvalue weighted by molar-refractivity contribution is -0.144. The van der Waals surface area contributed by atoms with Gasteiger partial charge in [-0.2, -0.15) is 5.10 Å². The number of rotatable bonds is 5. The van der Waals surface area contributed by atoms with Crippen LogP contribution >= 0.6 is 0 Å². The Hall–Kier alpha value is -2.25. The number of anilines is 1. The van der Waals surface area contributed by atoms with Gasteiger partial charge in [-0.1, -0.05) is 6.92 Å². The number of halogens is 1. The number of carbonyl (C=O) groups is 1. The molecule has 4 rings (SSSR count). The quantitative estimate of drug-likeness (QED) is 0.793. The fourth-order valence-electron chi connectivity index (χ4n) is 4.09. The molecule has 0 saturated carbocycles. The molecule has 0 unspecified atom stereocenters. The molecule has 28 heavy (non-hydrogen) atoms. The Kier molecular flexibility index (Phi) is 5.46. The van der Waals surface area contributed by atoms with Crippen LogP contribution < -0.4 is 4.90 Å². The van der Waals surface area contributed by atoms with Crippen molar-refractivity contribution in [3.8, 4) is 0 Å². The Balaban J connectivity index is 1.37. The summed E-state index contributed by atoms with van der Waals surface area (Å²) in [5.74, 6) is -0.363. The largest absolute Gasteiger partial charge is 0.363 e. The SMILES string of the molecule is CCCn1cc(CN2CCC3(CC2)CN(c2ccc(F)cc2)C(=O)CO3)cn1. The maximum atomic E-state index is 13.2. The van der Waals surface area contributed by atoms with Crippen LogP contribution in [0.4, 0.5) is 10.1 Å². The standard InChI is InChI=1S/C21H27FN4O2/c1-2-9-25-14-17(12-23-25)13-24-10-7-21(8-11-24)16-26(20(27)15-28-21)19-5-3-18(22)4-6-19/h3-6,12,14H,2,7-11,13,15-16H2,1H3. The van der Waals surface area contributed by atoms with E-state index in [4.69, 9.17) is 4.74 Å². The minimum Gasteiger partial charge on any atom is -0.363 e. The van der Waals surface area contributed by atoms with Gasteiger partial charge in [0.2, 0.25) is 0 Å². The summed E-state index contributed by atoms with van der Waals surface area (Å²) >= 11 is 0. The predicted molar refractivity (Wildman–Crippen MR) is 104 cm³/mol. The summed E-state index contributed by atoms with van der Waals surface area (Å²) in [6, 6.07) is 6.11. The molecule has 2 aliphatic heterocycles. The third-order valence-electron chi connectivity index (χ3n) is 5.70. The van der Waals surface area contributed by atoms with Crippen molar-refractivity contribution in [3.63, 3.8) is 0 Å². The first-order chi connectivity index (χ1) is 13.6. The molecule has 1 amide bonds. The van der Waals surface area contributed by atoms with Gasteiger partial charge in [0.15, 0.2) is 0 Å². The fourth-order valence-corrected chi connectivity index (χ4v) is 4.09. The van der Waals surface area contributed by atoms with E-state index in [1.54, 1.807) is 17.0 Å². The van der Waals surface area contributed by atoms with E-state index in [1.807, 2.05) is 10.9 Å². The summed E-state index contributed by atoms with van der Waals surface area (Å²) in [5.41, 5.74) is 1.66. The molecule has 2 aromatic rings. The van der Waals surface area contributed by atoms with Gasteiger partial charge in [0.1, 0.15) is 12.4 Å². The molecule has 3 heterocycles. The molecular weight excluding hydrogens is 359 g/mol. The monoisotopic (exact) mass is 386 g/mol. The van der Waals surface area contributed by atoms with Crippen molar-refractivity contribution in [1.82, 2.24) is 14.7 Å². The van der Waals surface area contributed by atoms with Crippen molar-refractivity contribution < 1.29 is 13.9 Å². The molecule has 0 atom stereocenters. The number of ether oxygens (including phenoxy) is 1. The van der Waals surface area contributed by atoms with E-state index in [0.29, 0.717) is 6.54 Å². The number of morpholine rings is 1. The number of hydrogen-bond donors (Lipinski definition) is 0. The third kappa shape index (κ3) is 4.10. The number of nitrogens with zero attached hydrogens (tertiary/aromatic N) is 4. The summed E-state index contributed by atoms with van der Waals surface area (Å²) in [6.45, 7) is 6.44. The van der Waals surface area contributed by atoms with Crippen LogP contribution in [0.25, 0.3) is 0 Å². The van der Waals surface area contributed by atoms with Crippen molar-refractivity contribution in [2.24, 2.45) is 0 Å². The molecule has 1 spiro atoms. The van der Waals surface area contributed by atoms with Crippen molar-refractivity contribution in [1.29, 1.82) is 0 Å². The molecule has 0 radical (unpaired) electrons. The van der Waals surface area contributed by atoms with Gasteiger partial charge in [-0.3, -0.25) is 14.4 Å². The van der Waals surface area contributed by atoms with E-state index in [0.717, 1.165) is 51.1 Å². The van der Waals surface area contributed by atoms with E-state index in [9.17, 15) is 9.18 Å². The van der Waals surface area contributed by atoms with Gasteiger partial charge in [0.25, 0.3) is 5.91 Å². The number of amides is 1. The average molecular weight is 386 g/mol. The number of aromatic nitrogens is 2. The normalized spacial score (nSPS) is 20.1. The zero-order valence-electron chi connectivity index (χ0n) is 16.3. The molecule has 0 bridgehead atoms. The summed E-state index contributed by atoms with van der Waals surface area (Å²) in [7, 11) is 0. The number of carbonyl (C=O) groups excluding carboxylic acids is 1. The Bertz CT molecular complexity index is 812. The van der Waals surface area contributed by atoms with Gasteiger partial charge in [-0.25, -0.2) is 4.39 Å². The summed E-state index contributed by atoms with van der Waals surface area (Å²) < 4.78 is 21.2. The van der Waals surface area contributed by atoms with Crippen LogP contribution in [0.15, 0.2) is 36.7 Å². The number of benzene rings is 1. The predicted octanol–water partition coefficient (Wildman–Crippen LogP) is 2.83. The molecular formula is C21H27FN4O2. The molecule has 0 N–H and O–H groups in total. The highest BCUT2D eigenvalue weighted by molar-refractivity contribution is 5.95. The van der Waals surface area contributed by atoms with Gasteiger partial charge in [0, 0.05) is 43.6 Å². The molecule has 2 saturated heterocycles. The fraction of sp³-hybridized carbons (Fsp3) is 0.524. The van der Waals surface area contributed by atoms with Gasteiger partial charge in [0.05, 0.1) is 18.3 Å². The maximum Gasteiger partial charge on any atom is 0.253 e. The Labute approximate surface area is 164 Å². The molecule has 0 aliphatic carbocycles. The summed E-state index contributed by atoms with van der Waals surface area (Å²) in [4.78, 5) is 16.5. The molecule has 1 aromatic carbocycles. The summed E-state index contributed by atoms with van der Waals surface area (Å²) in [5, 5.41) is 4.41. The molecule has 7 heteroatoms. The molecule has 150 valence electrons. The van der Waals surface area contributed by atoms with Crippen LogP contribution in [-0.4, -0.2) is 52.4 Å². The smallest absolute Gasteiger partial charge is 0.253 e. The lowest BCUT2D eigenvalue weighted by Gasteiger charge is -2.47. The van der Waals surface area contributed by atoms with Crippen LogP contribution in [-0.2, 0) is 22.6 Å². The van der Waals surface area contributed by atoms with Crippen LogP contribution in [0.2, 0.25) is 0 Å². The highest BCUT2D eigenvalue weighted by Crippen LogP contribution is 2.33. The topological polar surface area (TPSA) is 50.6 Å². The minimum atomic E-state index is -0.314. The molecule has 2 aliphatic rings. The van der Waals surface area contributed by atoms with E-state index in [2.05, 4.69) is 23.1 Å². The number of hydrogen-bond acceptors (Lipinski definition) is 4. The second-order valence-electron chi connectivity index (χ2n) is 7.82. The van der Waals surface area contributed by atoms with Crippen LogP contribution in [0.1, 0.15) is 31.7 Å². The lowest BCUT2D eigenvalue weighted by Crippen LogP contribution is -2.58. The van der Waals surface area contributed by atoms with Crippen molar-refractivity contribution in [2.75, 3.05) is 31.1 Å². The van der Waals surface area contributed by atoms with Gasteiger partial charge in [-0.15, -0.1) is 0 Å². The Morgan fingerprint density at radius 2 is 1.96 bits per heavy atom. The molecule has 1 aromatic heterocycles. The highest BCUT2D eigenvalue weighted by atomic mass is 19.1. The van der Waals surface area contributed by atoms with Gasteiger partial charge < -0.3 is 9.64 Å². The number of aryl methyl sites for hydroxylation is 1. The Morgan fingerprint density at radius 3 is 2.68 bits per heavy atom. The van der Waals surface area contributed by atoms with E-state index < -0.39 is 0 Å². The lowest BCUT2D eigenvalue weighted by atomic mass is 9.89. The first-order valence-corrected chi connectivity index (χ1v) is 10.0. The van der Waals surface area contributed by atoms with Gasteiger partial charge in [-0.05, 0) is 43.5 Å². The average Bonchev–Trinajstić information content (AvgIpc) is 3.14. The van der Waals surface area contributed by atoms with Crippen molar-refractivity contribution in [2.45, 2.75) is 44.9 Å². The van der Waals surface area contributed by atoms with Gasteiger partial charge >= 0.3 is 0 Å². The first kappa shape index (κ1) is 19.1. The Morgan fingerprint density at radius 1 is 1.21 bits per heavy atom. The van der Waals surface area contributed by atoms with E-state index in [1.165, 1.54) is 17.7 Å². The second-order valence-corrected chi connectivity index (χ2v) is 7.82. The van der Waals surface area contributed by atoms with Crippen molar-refractivity contribution in [3.05, 3.63) is 48.0 Å². The van der Waals surface area contributed by atoms with Crippen LogP contribution in [0.3, 0.4) is 0 Å². The zero-order chi connectivity index (χ0) is 19.6. The number of piperidine rings is 1. The third-order valence-corrected chi connectivity index (χ3v) is 5.70. The summed E-state index contributed by atoms with van der Waals surface area (Å²) in [6.07, 6.45) is 6.90. The van der Waals surface area contributed by atoms with E-state index in [-0.39, 0.29) is 23.9 Å². The van der Waals surface area contributed by atoms with Crippen LogP contribution in [0.5, 0.6) is 0 Å².